The molecule has 3 heteroatoms. The average molecular weight is 191 g/mol. The van der Waals surface area contributed by atoms with E-state index in [1.165, 1.54) is 16.7 Å². The first-order chi connectivity index (χ1) is 6.00. The smallest absolute Gasteiger partial charge is 0.332 e. The summed E-state index contributed by atoms with van der Waals surface area (Å²) in [5.74, 6) is 0. The Balaban J connectivity index is 2.65. The van der Waals surface area contributed by atoms with E-state index in [0.29, 0.717) is 0 Å². The van der Waals surface area contributed by atoms with Gasteiger partial charge >= 0.3 is 7.48 Å². The highest BCUT2D eigenvalue weighted by molar-refractivity contribution is 7.81. The van der Waals surface area contributed by atoms with Crippen LogP contribution in [-0.4, -0.2) is 7.48 Å². The molecule has 0 fully saturated rings. The molecule has 1 aliphatic rings. The van der Waals surface area contributed by atoms with Crippen molar-refractivity contribution in [1.82, 2.24) is 0 Å². The SMILES string of the molecule is Cc1cc(C)c2c(c1)[B]OC2(C)S. The zero-order chi connectivity index (χ0) is 9.64. The highest BCUT2D eigenvalue weighted by atomic mass is 32.1. The van der Waals surface area contributed by atoms with Gasteiger partial charge in [-0.1, -0.05) is 17.7 Å². The van der Waals surface area contributed by atoms with Crippen molar-refractivity contribution < 1.29 is 4.65 Å². The third-order valence-electron chi connectivity index (χ3n) is 2.39. The van der Waals surface area contributed by atoms with Crippen LogP contribution >= 0.6 is 12.6 Å². The standard InChI is InChI=1S/C10H12BOS/c1-6-4-7(2)9-8(5-6)11-12-10(9,3)13/h4-5,13H,1-3H3. The molecular formula is C10H12BOS. The lowest BCUT2D eigenvalue weighted by atomic mass is 9.83. The molecule has 0 bridgehead atoms. The van der Waals surface area contributed by atoms with Gasteiger partial charge in [-0.2, -0.15) is 0 Å². The lowest BCUT2D eigenvalue weighted by Crippen LogP contribution is -2.16. The maximum Gasteiger partial charge on any atom is 0.332 e. The van der Waals surface area contributed by atoms with Gasteiger partial charge in [-0.05, 0) is 37.4 Å². The van der Waals surface area contributed by atoms with Crippen molar-refractivity contribution in [2.75, 3.05) is 0 Å². The summed E-state index contributed by atoms with van der Waals surface area (Å²) in [7, 11) is 1.79. The van der Waals surface area contributed by atoms with E-state index in [4.69, 9.17) is 4.65 Å². The molecule has 1 aromatic carbocycles. The number of hydrogen-bond donors (Lipinski definition) is 1. The fourth-order valence-corrected chi connectivity index (χ4v) is 2.32. The first-order valence-electron chi connectivity index (χ1n) is 4.36. The largest absolute Gasteiger partial charge is 0.418 e. The summed E-state index contributed by atoms with van der Waals surface area (Å²) in [6, 6.07) is 4.29. The molecule has 13 heavy (non-hydrogen) atoms. The van der Waals surface area contributed by atoms with E-state index in [-0.39, 0.29) is 0 Å². The molecule has 1 nitrogen and oxygen atoms in total. The topological polar surface area (TPSA) is 9.23 Å². The number of fused-ring (bicyclic) bond motifs is 1. The Hall–Kier alpha value is -0.405. The van der Waals surface area contributed by atoms with E-state index >= 15 is 0 Å². The van der Waals surface area contributed by atoms with E-state index in [2.05, 4.69) is 38.6 Å². The maximum atomic E-state index is 5.49. The first-order valence-corrected chi connectivity index (χ1v) is 4.80. The average Bonchev–Trinajstić information content (AvgIpc) is 2.26. The summed E-state index contributed by atoms with van der Waals surface area (Å²) in [5, 5.41) is 0. The quantitative estimate of drug-likeness (QED) is 0.484. The monoisotopic (exact) mass is 191 g/mol. The second kappa shape index (κ2) is 2.79. The summed E-state index contributed by atoms with van der Waals surface area (Å²) in [4.78, 5) is -0.451. The van der Waals surface area contributed by atoms with Crippen molar-refractivity contribution in [3.05, 3.63) is 28.8 Å². The molecule has 0 aliphatic carbocycles. The molecule has 1 aliphatic heterocycles. The normalized spacial score (nSPS) is 25.5. The first kappa shape index (κ1) is 9.16. The van der Waals surface area contributed by atoms with E-state index < -0.39 is 4.93 Å². The Morgan fingerprint density at radius 1 is 1.38 bits per heavy atom. The van der Waals surface area contributed by atoms with Crippen LogP contribution in [0.4, 0.5) is 0 Å². The zero-order valence-corrected chi connectivity index (χ0v) is 8.98. The molecule has 0 saturated carbocycles. The van der Waals surface area contributed by atoms with E-state index in [1.54, 1.807) is 7.48 Å². The van der Waals surface area contributed by atoms with Gasteiger partial charge in [-0.25, -0.2) is 0 Å². The Kier molecular flexibility index (Phi) is 1.97. The minimum absolute atomic E-state index is 0.451. The van der Waals surface area contributed by atoms with Crippen LogP contribution in [0.3, 0.4) is 0 Å². The Bertz CT molecular complexity index is 360. The van der Waals surface area contributed by atoms with Crippen molar-refractivity contribution in [3.63, 3.8) is 0 Å². The second-order valence-corrected chi connectivity index (χ2v) is 4.62. The Labute approximate surface area is 85.2 Å². The number of benzene rings is 1. The molecule has 0 N–H and O–H groups in total. The molecular weight excluding hydrogens is 179 g/mol. The molecule has 67 valence electrons. The van der Waals surface area contributed by atoms with Gasteiger partial charge in [0.1, 0.15) is 4.93 Å². The van der Waals surface area contributed by atoms with Gasteiger partial charge in [-0.15, -0.1) is 12.6 Å². The number of thiol groups is 1. The number of rotatable bonds is 0. The Morgan fingerprint density at radius 3 is 2.77 bits per heavy atom. The van der Waals surface area contributed by atoms with Crippen LogP contribution in [0, 0.1) is 13.8 Å². The van der Waals surface area contributed by atoms with Gasteiger partial charge in [0.25, 0.3) is 0 Å². The van der Waals surface area contributed by atoms with Crippen molar-refractivity contribution in [2.45, 2.75) is 25.7 Å². The predicted molar refractivity (Wildman–Crippen MR) is 58.7 cm³/mol. The van der Waals surface area contributed by atoms with E-state index in [1.807, 2.05) is 6.92 Å². The maximum absolute atomic E-state index is 5.49. The lowest BCUT2D eigenvalue weighted by Gasteiger charge is -2.20. The molecule has 1 atom stereocenters. The van der Waals surface area contributed by atoms with Crippen molar-refractivity contribution in [2.24, 2.45) is 0 Å². The van der Waals surface area contributed by atoms with Gasteiger partial charge in [-0.3, -0.25) is 0 Å². The molecule has 1 aromatic rings. The van der Waals surface area contributed by atoms with Crippen LogP contribution in [0.2, 0.25) is 0 Å². The minimum atomic E-state index is -0.451. The summed E-state index contributed by atoms with van der Waals surface area (Å²) in [5.41, 5.74) is 4.87. The van der Waals surface area contributed by atoms with Crippen molar-refractivity contribution in [3.8, 4) is 0 Å². The molecule has 0 aromatic heterocycles. The fourth-order valence-electron chi connectivity index (χ4n) is 1.96. The minimum Gasteiger partial charge on any atom is -0.418 e. The summed E-state index contributed by atoms with van der Waals surface area (Å²) in [6.07, 6.45) is 0. The second-order valence-electron chi connectivity index (χ2n) is 3.76. The molecule has 0 spiro atoms. The summed E-state index contributed by atoms with van der Waals surface area (Å²) in [6.45, 7) is 6.17. The van der Waals surface area contributed by atoms with Gasteiger partial charge in [0.15, 0.2) is 0 Å². The number of aryl methyl sites for hydroxylation is 2. The highest BCUT2D eigenvalue weighted by Crippen LogP contribution is 2.34. The molecule has 1 radical (unpaired) electrons. The third-order valence-corrected chi connectivity index (χ3v) is 2.72. The van der Waals surface area contributed by atoms with Gasteiger partial charge in [0.05, 0.1) is 0 Å². The van der Waals surface area contributed by atoms with Crippen LogP contribution in [0.25, 0.3) is 0 Å². The number of hydrogen-bond acceptors (Lipinski definition) is 2. The molecule has 1 unspecified atom stereocenters. The lowest BCUT2D eigenvalue weighted by molar-refractivity contribution is 0.218. The van der Waals surface area contributed by atoms with Gasteiger partial charge in [0, 0.05) is 0 Å². The fraction of sp³-hybridized carbons (Fsp3) is 0.400. The summed E-state index contributed by atoms with van der Waals surface area (Å²) < 4.78 is 5.49. The zero-order valence-electron chi connectivity index (χ0n) is 8.09. The molecule has 0 amide bonds. The highest BCUT2D eigenvalue weighted by Gasteiger charge is 2.34. The molecule has 2 rings (SSSR count). The summed E-state index contributed by atoms with van der Waals surface area (Å²) >= 11 is 4.48. The van der Waals surface area contributed by atoms with Crippen molar-refractivity contribution in [1.29, 1.82) is 0 Å². The van der Waals surface area contributed by atoms with Crippen LogP contribution in [0.1, 0.15) is 23.6 Å². The van der Waals surface area contributed by atoms with Gasteiger partial charge < -0.3 is 4.65 Å². The van der Waals surface area contributed by atoms with Crippen molar-refractivity contribution >= 4 is 25.6 Å². The van der Waals surface area contributed by atoms with E-state index in [0.717, 1.165) is 5.46 Å². The van der Waals surface area contributed by atoms with E-state index in [9.17, 15) is 0 Å². The van der Waals surface area contributed by atoms with Crippen LogP contribution in [0.15, 0.2) is 12.1 Å². The molecule has 0 saturated heterocycles. The van der Waals surface area contributed by atoms with Crippen LogP contribution < -0.4 is 5.46 Å². The third kappa shape index (κ3) is 1.40. The van der Waals surface area contributed by atoms with Crippen LogP contribution in [0.5, 0.6) is 0 Å². The molecule has 1 heterocycles. The predicted octanol–water partition coefficient (Wildman–Crippen LogP) is 1.68. The van der Waals surface area contributed by atoms with Gasteiger partial charge in [0.2, 0.25) is 0 Å². The Morgan fingerprint density at radius 2 is 2.08 bits per heavy atom. The van der Waals surface area contributed by atoms with Crippen LogP contribution in [-0.2, 0) is 9.59 Å².